The van der Waals surface area contributed by atoms with E-state index in [-0.39, 0.29) is 5.91 Å². The molecule has 0 bridgehead atoms. The fourth-order valence-electron chi connectivity index (χ4n) is 1.62. The average Bonchev–Trinajstić information content (AvgIpc) is 3.08. The predicted octanol–water partition coefficient (Wildman–Crippen LogP) is 3.98. The van der Waals surface area contributed by atoms with Crippen LogP contribution in [0.3, 0.4) is 0 Å². The lowest BCUT2D eigenvalue weighted by Gasteiger charge is -1.94. The van der Waals surface area contributed by atoms with Crippen molar-refractivity contribution in [3.8, 4) is 0 Å². The Balaban J connectivity index is 1.82. The molecule has 0 fully saturated rings. The number of hydrogen-bond acceptors (Lipinski definition) is 5. The Morgan fingerprint density at radius 2 is 2.30 bits per heavy atom. The summed E-state index contributed by atoms with van der Waals surface area (Å²) in [6.45, 7) is 2.17. The number of aromatic nitrogens is 2. The first-order valence-electron chi connectivity index (χ1n) is 6.63. The van der Waals surface area contributed by atoms with E-state index in [9.17, 15) is 4.79 Å². The standard InChI is InChI=1S/C14H17N3OS2/c1-2-3-4-7-13-16-17-14(20-13)15-12(18)9-8-11-6-5-10-19-11/h5-6,8-10H,2-4,7H2,1H3,(H,15,17,18)/b9-8+. The monoisotopic (exact) mass is 307 g/mol. The number of rotatable bonds is 7. The van der Waals surface area contributed by atoms with E-state index >= 15 is 0 Å². The highest BCUT2D eigenvalue weighted by molar-refractivity contribution is 7.15. The molecular formula is C14H17N3OS2. The number of carbonyl (C=O) groups excluding carboxylic acids is 1. The van der Waals surface area contributed by atoms with Gasteiger partial charge in [-0.25, -0.2) is 0 Å². The van der Waals surface area contributed by atoms with Crippen LogP contribution < -0.4 is 5.32 Å². The first-order valence-corrected chi connectivity index (χ1v) is 8.32. The van der Waals surface area contributed by atoms with Crippen molar-refractivity contribution in [3.63, 3.8) is 0 Å². The maximum Gasteiger partial charge on any atom is 0.250 e. The van der Waals surface area contributed by atoms with Gasteiger partial charge in [0.2, 0.25) is 11.0 Å². The van der Waals surface area contributed by atoms with Crippen molar-refractivity contribution in [1.82, 2.24) is 10.2 Å². The molecule has 6 heteroatoms. The number of nitrogens with one attached hydrogen (secondary N) is 1. The van der Waals surface area contributed by atoms with Crippen LogP contribution in [-0.4, -0.2) is 16.1 Å². The molecule has 20 heavy (non-hydrogen) atoms. The summed E-state index contributed by atoms with van der Waals surface area (Å²) < 4.78 is 0. The molecule has 4 nitrogen and oxygen atoms in total. The summed E-state index contributed by atoms with van der Waals surface area (Å²) in [6, 6.07) is 3.92. The topological polar surface area (TPSA) is 54.9 Å². The fourth-order valence-corrected chi connectivity index (χ4v) is 3.02. The highest BCUT2D eigenvalue weighted by atomic mass is 32.1. The third kappa shape index (κ3) is 4.86. The molecule has 1 N–H and O–H groups in total. The minimum absolute atomic E-state index is 0.172. The maximum absolute atomic E-state index is 11.7. The van der Waals surface area contributed by atoms with Crippen LogP contribution in [0, 0.1) is 0 Å². The number of aryl methyl sites for hydroxylation is 1. The smallest absolute Gasteiger partial charge is 0.250 e. The number of anilines is 1. The average molecular weight is 307 g/mol. The number of unbranched alkanes of at least 4 members (excludes halogenated alkanes) is 2. The summed E-state index contributed by atoms with van der Waals surface area (Å²) >= 11 is 3.04. The molecule has 0 radical (unpaired) electrons. The van der Waals surface area contributed by atoms with Crippen molar-refractivity contribution in [2.45, 2.75) is 32.6 Å². The van der Waals surface area contributed by atoms with Gasteiger partial charge in [-0.2, -0.15) is 0 Å². The molecule has 2 aromatic heterocycles. The lowest BCUT2D eigenvalue weighted by atomic mass is 10.2. The number of thiophene rings is 1. The van der Waals surface area contributed by atoms with Gasteiger partial charge in [0.25, 0.3) is 0 Å². The van der Waals surface area contributed by atoms with E-state index in [0.29, 0.717) is 5.13 Å². The normalized spacial score (nSPS) is 11.1. The molecule has 0 aromatic carbocycles. The third-order valence-corrected chi connectivity index (χ3v) is 4.37. The summed E-state index contributed by atoms with van der Waals surface area (Å²) in [4.78, 5) is 12.8. The van der Waals surface area contributed by atoms with Gasteiger partial charge < -0.3 is 0 Å². The van der Waals surface area contributed by atoms with Crippen LogP contribution in [0.25, 0.3) is 6.08 Å². The van der Waals surface area contributed by atoms with Crippen LogP contribution in [0.4, 0.5) is 5.13 Å². The number of nitrogens with zero attached hydrogens (tertiary/aromatic N) is 2. The zero-order valence-electron chi connectivity index (χ0n) is 11.3. The third-order valence-electron chi connectivity index (χ3n) is 2.63. The summed E-state index contributed by atoms with van der Waals surface area (Å²) in [6.07, 6.45) is 7.76. The molecule has 2 heterocycles. The highest BCUT2D eigenvalue weighted by Crippen LogP contribution is 2.17. The number of carbonyl (C=O) groups is 1. The summed E-state index contributed by atoms with van der Waals surface area (Å²) in [5, 5.41) is 14.3. The quantitative estimate of drug-likeness (QED) is 0.621. The molecule has 0 aliphatic rings. The van der Waals surface area contributed by atoms with E-state index in [1.807, 2.05) is 17.5 Å². The Morgan fingerprint density at radius 3 is 3.05 bits per heavy atom. The van der Waals surface area contributed by atoms with E-state index in [2.05, 4.69) is 22.4 Å². The van der Waals surface area contributed by atoms with Crippen molar-refractivity contribution >= 4 is 39.8 Å². The molecule has 106 valence electrons. The molecule has 0 spiro atoms. The number of hydrogen-bond donors (Lipinski definition) is 1. The fraction of sp³-hybridized carbons (Fsp3) is 0.357. The molecule has 1 amide bonds. The largest absolute Gasteiger partial charge is 0.297 e. The second-order valence-corrected chi connectivity index (χ2v) is 6.34. The summed E-state index contributed by atoms with van der Waals surface area (Å²) in [7, 11) is 0. The number of amides is 1. The molecule has 0 saturated carbocycles. The first-order chi connectivity index (χ1) is 9.78. The van der Waals surface area contributed by atoms with Crippen LogP contribution in [-0.2, 0) is 11.2 Å². The van der Waals surface area contributed by atoms with Crippen LogP contribution in [0.1, 0.15) is 36.1 Å². The lowest BCUT2D eigenvalue weighted by Crippen LogP contribution is -2.07. The van der Waals surface area contributed by atoms with Crippen molar-refractivity contribution in [1.29, 1.82) is 0 Å². The Bertz CT molecular complexity index is 561. The molecule has 0 aliphatic heterocycles. The minimum atomic E-state index is -0.172. The Morgan fingerprint density at radius 1 is 1.40 bits per heavy atom. The van der Waals surface area contributed by atoms with Gasteiger partial charge in [0.05, 0.1) is 0 Å². The molecule has 0 aliphatic carbocycles. The van der Waals surface area contributed by atoms with E-state index in [1.54, 1.807) is 17.4 Å². The van der Waals surface area contributed by atoms with Gasteiger partial charge in [-0.05, 0) is 23.9 Å². The second-order valence-electron chi connectivity index (χ2n) is 4.30. The highest BCUT2D eigenvalue weighted by Gasteiger charge is 2.05. The van der Waals surface area contributed by atoms with Gasteiger partial charge in [0.15, 0.2) is 0 Å². The van der Waals surface area contributed by atoms with Crippen LogP contribution in [0.15, 0.2) is 23.6 Å². The predicted molar refractivity (Wildman–Crippen MR) is 85.1 cm³/mol. The Labute approximate surface area is 126 Å². The van der Waals surface area contributed by atoms with E-state index < -0.39 is 0 Å². The minimum Gasteiger partial charge on any atom is -0.297 e. The van der Waals surface area contributed by atoms with Crippen molar-refractivity contribution in [2.24, 2.45) is 0 Å². The molecule has 0 saturated heterocycles. The van der Waals surface area contributed by atoms with Crippen LogP contribution in [0.5, 0.6) is 0 Å². The zero-order chi connectivity index (χ0) is 14.2. The molecule has 0 atom stereocenters. The zero-order valence-corrected chi connectivity index (χ0v) is 13.0. The van der Waals surface area contributed by atoms with Gasteiger partial charge in [0.1, 0.15) is 5.01 Å². The molecular weight excluding hydrogens is 290 g/mol. The Hall–Kier alpha value is -1.53. The van der Waals surface area contributed by atoms with Crippen LogP contribution in [0.2, 0.25) is 0 Å². The van der Waals surface area contributed by atoms with Gasteiger partial charge in [-0.3, -0.25) is 10.1 Å². The van der Waals surface area contributed by atoms with E-state index in [0.717, 1.165) is 22.7 Å². The van der Waals surface area contributed by atoms with Crippen molar-refractivity contribution < 1.29 is 4.79 Å². The van der Waals surface area contributed by atoms with Crippen molar-refractivity contribution in [3.05, 3.63) is 33.5 Å². The van der Waals surface area contributed by atoms with Crippen LogP contribution >= 0.6 is 22.7 Å². The molecule has 2 rings (SSSR count). The van der Waals surface area contributed by atoms with Gasteiger partial charge in [-0.15, -0.1) is 21.5 Å². The second kappa shape index (κ2) is 7.91. The summed E-state index contributed by atoms with van der Waals surface area (Å²) in [5.41, 5.74) is 0. The molecule has 2 aromatic rings. The lowest BCUT2D eigenvalue weighted by molar-refractivity contribution is -0.111. The van der Waals surface area contributed by atoms with Gasteiger partial charge in [0, 0.05) is 17.4 Å². The Kier molecular flexibility index (Phi) is 5.88. The van der Waals surface area contributed by atoms with E-state index in [4.69, 9.17) is 0 Å². The van der Waals surface area contributed by atoms with Crippen molar-refractivity contribution in [2.75, 3.05) is 5.32 Å². The van der Waals surface area contributed by atoms with E-state index in [1.165, 1.54) is 30.3 Å². The first kappa shape index (κ1) is 14.9. The summed E-state index contributed by atoms with van der Waals surface area (Å²) in [5.74, 6) is -0.172. The molecule has 0 unspecified atom stereocenters. The van der Waals surface area contributed by atoms with Gasteiger partial charge in [-0.1, -0.05) is 37.2 Å². The van der Waals surface area contributed by atoms with Gasteiger partial charge >= 0.3 is 0 Å². The SMILES string of the molecule is CCCCCc1nnc(NC(=O)/C=C/c2cccs2)s1. The maximum atomic E-state index is 11.7.